The largest absolute Gasteiger partial charge is 0.394 e. The molecule has 1 atom stereocenters. The number of aliphatic hydroxyl groups is 1. The fraction of sp³-hybridized carbons (Fsp3) is 1.00. The van der Waals surface area contributed by atoms with Crippen LogP contribution in [-0.2, 0) is 0 Å². The van der Waals surface area contributed by atoms with Gasteiger partial charge < -0.3 is 15.3 Å². The molecule has 0 aliphatic heterocycles. The van der Waals surface area contributed by atoms with Crippen molar-refractivity contribution in [3.05, 3.63) is 0 Å². The number of halogens is 3. The zero-order chi connectivity index (χ0) is 14.2. The van der Waals surface area contributed by atoms with E-state index in [9.17, 15) is 13.2 Å². The number of nitrogens with zero attached hydrogens (tertiary/aromatic N) is 1. The summed E-state index contributed by atoms with van der Waals surface area (Å²) in [4.78, 5) is 1.70. The topological polar surface area (TPSA) is 35.5 Å². The Labute approximate surface area is 107 Å². The highest BCUT2D eigenvalue weighted by Gasteiger charge is 2.27. The summed E-state index contributed by atoms with van der Waals surface area (Å²) in [5.74, 6) is 0. The molecule has 3 nitrogen and oxygen atoms in total. The molecule has 0 spiro atoms. The van der Waals surface area contributed by atoms with Crippen molar-refractivity contribution in [1.82, 2.24) is 10.2 Å². The molecule has 0 amide bonds. The first kappa shape index (κ1) is 17.7. The summed E-state index contributed by atoms with van der Waals surface area (Å²) in [7, 11) is 3.50. The molecule has 110 valence electrons. The third-order valence-corrected chi connectivity index (χ3v) is 3.25. The van der Waals surface area contributed by atoms with Crippen LogP contribution < -0.4 is 5.32 Å². The fourth-order valence-electron chi connectivity index (χ4n) is 1.61. The number of likely N-dealkylation sites (N-methyl/N-ethyl adjacent to an activating group) is 1. The van der Waals surface area contributed by atoms with Gasteiger partial charge in [-0.25, -0.2) is 0 Å². The maximum absolute atomic E-state index is 12.0. The van der Waals surface area contributed by atoms with Crippen molar-refractivity contribution in [3.8, 4) is 0 Å². The number of hydrogen-bond acceptors (Lipinski definition) is 3. The van der Waals surface area contributed by atoms with Gasteiger partial charge in [0, 0.05) is 12.1 Å². The molecule has 2 N–H and O–H groups in total. The van der Waals surface area contributed by atoms with Gasteiger partial charge in [0.2, 0.25) is 0 Å². The van der Waals surface area contributed by atoms with E-state index in [1.807, 2.05) is 6.92 Å². The van der Waals surface area contributed by atoms with Gasteiger partial charge in [-0.3, -0.25) is 0 Å². The van der Waals surface area contributed by atoms with Crippen molar-refractivity contribution >= 4 is 0 Å². The number of hydrogen-bond donors (Lipinski definition) is 2. The Morgan fingerprint density at radius 2 is 1.72 bits per heavy atom. The van der Waals surface area contributed by atoms with E-state index in [0.29, 0.717) is 6.54 Å². The zero-order valence-corrected chi connectivity index (χ0v) is 11.5. The van der Waals surface area contributed by atoms with Gasteiger partial charge >= 0.3 is 6.18 Å². The van der Waals surface area contributed by atoms with Crippen LogP contribution in [0.25, 0.3) is 0 Å². The lowest BCUT2D eigenvalue weighted by atomic mass is 9.96. The molecule has 18 heavy (non-hydrogen) atoms. The first-order chi connectivity index (χ1) is 8.22. The molecule has 0 rings (SSSR count). The first-order valence-corrected chi connectivity index (χ1v) is 6.27. The quantitative estimate of drug-likeness (QED) is 0.629. The number of unbranched alkanes of at least 4 members (excludes halogenated alkanes) is 1. The molecular weight excluding hydrogens is 245 g/mol. The van der Waals surface area contributed by atoms with Gasteiger partial charge in [-0.2, -0.15) is 13.2 Å². The van der Waals surface area contributed by atoms with E-state index in [0.717, 1.165) is 19.3 Å². The molecule has 0 aromatic carbocycles. The molecule has 0 fully saturated rings. The minimum atomic E-state index is -4.07. The van der Waals surface area contributed by atoms with Crippen LogP contribution in [0, 0.1) is 0 Å². The van der Waals surface area contributed by atoms with Gasteiger partial charge in [0.25, 0.3) is 0 Å². The van der Waals surface area contributed by atoms with Gasteiger partial charge in [-0.1, -0.05) is 6.42 Å². The summed E-state index contributed by atoms with van der Waals surface area (Å²) in [6, 6.07) is 0. The summed E-state index contributed by atoms with van der Waals surface area (Å²) >= 11 is 0. The smallest absolute Gasteiger partial charge is 0.390 e. The third-order valence-electron chi connectivity index (χ3n) is 3.25. The average Bonchev–Trinajstić information content (AvgIpc) is 2.31. The van der Waals surface area contributed by atoms with Crippen molar-refractivity contribution in [3.63, 3.8) is 0 Å². The molecule has 1 unspecified atom stereocenters. The lowest BCUT2D eigenvalue weighted by Crippen LogP contribution is -2.43. The monoisotopic (exact) mass is 270 g/mol. The standard InChI is InChI=1S/C12H25F3N2O/c1-11(10-18,16-2)6-4-5-8-17(3)9-7-12(13,14)15/h16,18H,4-10H2,1-3H3. The minimum absolute atomic E-state index is 0.0484. The first-order valence-electron chi connectivity index (χ1n) is 6.27. The summed E-state index contributed by atoms with van der Waals surface area (Å²) in [5, 5.41) is 12.2. The molecule has 0 aliphatic rings. The van der Waals surface area contributed by atoms with Crippen molar-refractivity contribution < 1.29 is 18.3 Å². The van der Waals surface area contributed by atoms with E-state index in [1.54, 1.807) is 19.0 Å². The molecule has 0 heterocycles. The van der Waals surface area contributed by atoms with E-state index in [1.165, 1.54) is 0 Å². The molecule has 0 saturated carbocycles. The van der Waals surface area contributed by atoms with E-state index < -0.39 is 12.6 Å². The number of aliphatic hydroxyl groups excluding tert-OH is 1. The van der Waals surface area contributed by atoms with Crippen LogP contribution in [0.3, 0.4) is 0 Å². The maximum atomic E-state index is 12.0. The Morgan fingerprint density at radius 1 is 1.11 bits per heavy atom. The van der Waals surface area contributed by atoms with Gasteiger partial charge in [-0.15, -0.1) is 0 Å². The van der Waals surface area contributed by atoms with Gasteiger partial charge in [0.15, 0.2) is 0 Å². The molecule has 6 heteroatoms. The molecule has 0 radical (unpaired) electrons. The van der Waals surface area contributed by atoms with Gasteiger partial charge in [0.1, 0.15) is 0 Å². The summed E-state index contributed by atoms with van der Waals surface area (Å²) < 4.78 is 36.0. The summed E-state index contributed by atoms with van der Waals surface area (Å²) in [6.07, 6.45) is -2.29. The number of nitrogens with one attached hydrogen (secondary N) is 1. The van der Waals surface area contributed by atoms with E-state index in [4.69, 9.17) is 5.11 Å². The number of alkyl halides is 3. The predicted molar refractivity (Wildman–Crippen MR) is 66.6 cm³/mol. The molecule has 0 saturated heterocycles. The third kappa shape index (κ3) is 8.72. The second kappa shape index (κ2) is 7.96. The zero-order valence-electron chi connectivity index (χ0n) is 11.5. The van der Waals surface area contributed by atoms with Crippen molar-refractivity contribution in [2.24, 2.45) is 0 Å². The van der Waals surface area contributed by atoms with Crippen LogP contribution in [0.15, 0.2) is 0 Å². The van der Waals surface area contributed by atoms with Crippen LogP contribution >= 0.6 is 0 Å². The Hall–Kier alpha value is -0.330. The SMILES string of the molecule is CNC(C)(CO)CCCCN(C)CCC(F)(F)F. The highest BCUT2D eigenvalue weighted by Crippen LogP contribution is 2.19. The Morgan fingerprint density at radius 3 is 2.17 bits per heavy atom. The molecule has 0 aromatic rings. The van der Waals surface area contributed by atoms with E-state index in [-0.39, 0.29) is 18.7 Å². The van der Waals surface area contributed by atoms with Crippen LogP contribution in [0.4, 0.5) is 13.2 Å². The Kier molecular flexibility index (Phi) is 7.82. The molecular formula is C12H25F3N2O. The highest BCUT2D eigenvalue weighted by atomic mass is 19.4. The molecule has 0 aliphatic carbocycles. The highest BCUT2D eigenvalue weighted by molar-refractivity contribution is 4.80. The van der Waals surface area contributed by atoms with Crippen LogP contribution in [0.2, 0.25) is 0 Å². The van der Waals surface area contributed by atoms with E-state index in [2.05, 4.69) is 5.32 Å². The van der Waals surface area contributed by atoms with Crippen LogP contribution in [0.5, 0.6) is 0 Å². The van der Waals surface area contributed by atoms with Crippen molar-refractivity contribution in [1.29, 1.82) is 0 Å². The fourth-order valence-corrected chi connectivity index (χ4v) is 1.61. The van der Waals surface area contributed by atoms with Gasteiger partial charge in [-0.05, 0) is 40.4 Å². The molecule has 0 aromatic heterocycles. The lowest BCUT2D eigenvalue weighted by Gasteiger charge is -2.27. The van der Waals surface area contributed by atoms with Crippen molar-refractivity contribution in [2.45, 2.75) is 44.3 Å². The van der Waals surface area contributed by atoms with Crippen molar-refractivity contribution in [2.75, 3.05) is 33.8 Å². The normalized spacial score (nSPS) is 16.0. The Bertz CT molecular complexity index is 218. The minimum Gasteiger partial charge on any atom is -0.394 e. The summed E-state index contributed by atoms with van der Waals surface area (Å²) in [6.45, 7) is 2.70. The number of rotatable bonds is 9. The lowest BCUT2D eigenvalue weighted by molar-refractivity contribution is -0.137. The maximum Gasteiger partial charge on any atom is 0.390 e. The van der Waals surface area contributed by atoms with Gasteiger partial charge in [0.05, 0.1) is 13.0 Å². The second-order valence-corrected chi connectivity index (χ2v) is 5.09. The second-order valence-electron chi connectivity index (χ2n) is 5.09. The molecule has 0 bridgehead atoms. The summed E-state index contributed by atoms with van der Waals surface area (Å²) in [5.41, 5.74) is -0.287. The van der Waals surface area contributed by atoms with Crippen LogP contribution in [0.1, 0.15) is 32.6 Å². The van der Waals surface area contributed by atoms with E-state index >= 15 is 0 Å². The van der Waals surface area contributed by atoms with Crippen LogP contribution in [-0.4, -0.2) is 55.5 Å². The predicted octanol–water partition coefficient (Wildman–Crippen LogP) is 2.01. The average molecular weight is 270 g/mol. The Balaban J connectivity index is 3.66.